The summed E-state index contributed by atoms with van der Waals surface area (Å²) in [4.78, 5) is 23.9. The van der Waals surface area contributed by atoms with Crippen LogP contribution in [-0.2, 0) is 4.74 Å². The van der Waals surface area contributed by atoms with Crippen LogP contribution in [0.3, 0.4) is 0 Å². The highest BCUT2D eigenvalue weighted by atomic mass is 16.5. The molecule has 0 spiro atoms. The van der Waals surface area contributed by atoms with Crippen LogP contribution in [0.4, 0.5) is 0 Å². The third-order valence-electron chi connectivity index (χ3n) is 3.55. The van der Waals surface area contributed by atoms with Gasteiger partial charge in [-0.2, -0.15) is 0 Å². The fraction of sp³-hybridized carbons (Fsp3) is 0.300. The van der Waals surface area contributed by atoms with Gasteiger partial charge in [-0.05, 0) is 54.3 Å². The van der Waals surface area contributed by atoms with Gasteiger partial charge in [-0.25, -0.2) is 9.59 Å². The quantitative estimate of drug-likeness (QED) is 0.575. The molecule has 0 aliphatic heterocycles. The smallest absolute Gasteiger partial charge is 0.343 e. The molecule has 4 heteroatoms. The zero-order valence-electron chi connectivity index (χ0n) is 14.2. The lowest BCUT2D eigenvalue weighted by Crippen LogP contribution is -2.10. The number of ether oxygens (including phenoxy) is 2. The van der Waals surface area contributed by atoms with E-state index in [0.717, 1.165) is 6.42 Å². The lowest BCUT2D eigenvalue weighted by molar-refractivity contribution is 0.0504. The molecule has 0 bridgehead atoms. The number of esters is 2. The van der Waals surface area contributed by atoms with Gasteiger partial charge in [0.05, 0.1) is 17.7 Å². The van der Waals surface area contributed by atoms with E-state index in [0.29, 0.717) is 29.4 Å². The summed E-state index contributed by atoms with van der Waals surface area (Å²) in [6, 6.07) is 13.7. The maximum atomic E-state index is 12.1. The van der Waals surface area contributed by atoms with Crippen LogP contribution >= 0.6 is 0 Å². The van der Waals surface area contributed by atoms with Crippen molar-refractivity contribution in [2.45, 2.75) is 33.1 Å². The van der Waals surface area contributed by atoms with Gasteiger partial charge in [0.1, 0.15) is 5.75 Å². The summed E-state index contributed by atoms with van der Waals surface area (Å²) in [6.07, 6.45) is 0.770. The number of hydrogen-bond acceptors (Lipinski definition) is 4. The van der Waals surface area contributed by atoms with E-state index in [-0.39, 0.29) is 5.97 Å². The zero-order chi connectivity index (χ0) is 17.5. The van der Waals surface area contributed by atoms with Crippen molar-refractivity contribution in [3.63, 3.8) is 0 Å². The van der Waals surface area contributed by atoms with Crippen LogP contribution in [0.25, 0.3) is 0 Å². The van der Waals surface area contributed by atoms with Crippen LogP contribution < -0.4 is 4.74 Å². The summed E-state index contributed by atoms with van der Waals surface area (Å²) >= 11 is 0. The van der Waals surface area contributed by atoms with Crippen molar-refractivity contribution in [3.05, 3.63) is 65.2 Å². The highest BCUT2D eigenvalue weighted by Crippen LogP contribution is 2.19. The Morgan fingerprint density at radius 1 is 0.875 bits per heavy atom. The largest absolute Gasteiger partial charge is 0.462 e. The van der Waals surface area contributed by atoms with Crippen molar-refractivity contribution in [2.24, 2.45) is 0 Å². The van der Waals surface area contributed by atoms with E-state index in [1.807, 2.05) is 19.1 Å². The Morgan fingerprint density at radius 2 is 1.42 bits per heavy atom. The minimum atomic E-state index is -0.458. The normalized spacial score (nSPS) is 10.5. The van der Waals surface area contributed by atoms with Gasteiger partial charge in [0.15, 0.2) is 0 Å². The fourth-order valence-corrected chi connectivity index (χ4v) is 2.11. The van der Waals surface area contributed by atoms with E-state index >= 15 is 0 Å². The number of rotatable bonds is 6. The van der Waals surface area contributed by atoms with Gasteiger partial charge in [-0.1, -0.05) is 32.9 Å². The Labute approximate surface area is 142 Å². The first-order valence-electron chi connectivity index (χ1n) is 8.10. The molecule has 0 saturated heterocycles. The molecular weight excluding hydrogens is 304 g/mol. The van der Waals surface area contributed by atoms with Crippen molar-refractivity contribution < 1.29 is 19.1 Å². The van der Waals surface area contributed by atoms with Gasteiger partial charge in [0, 0.05) is 0 Å². The lowest BCUT2D eigenvalue weighted by atomic mass is 10.0. The van der Waals surface area contributed by atoms with Crippen LogP contribution in [0.1, 0.15) is 59.4 Å². The van der Waals surface area contributed by atoms with Crippen LogP contribution in [-0.4, -0.2) is 18.5 Å². The average molecular weight is 326 g/mol. The summed E-state index contributed by atoms with van der Waals surface area (Å²) in [7, 11) is 0. The molecule has 0 unspecified atom stereocenters. The third kappa shape index (κ3) is 4.69. The summed E-state index contributed by atoms with van der Waals surface area (Å²) in [5.74, 6) is 0.0763. The van der Waals surface area contributed by atoms with Gasteiger partial charge in [-0.15, -0.1) is 0 Å². The number of hydrogen-bond donors (Lipinski definition) is 0. The second-order valence-electron chi connectivity index (χ2n) is 5.83. The zero-order valence-corrected chi connectivity index (χ0v) is 14.2. The van der Waals surface area contributed by atoms with Crippen molar-refractivity contribution in [1.29, 1.82) is 0 Å². The molecule has 0 heterocycles. The van der Waals surface area contributed by atoms with E-state index in [4.69, 9.17) is 9.47 Å². The maximum Gasteiger partial charge on any atom is 0.343 e. The first-order valence-corrected chi connectivity index (χ1v) is 8.10. The van der Waals surface area contributed by atoms with E-state index in [2.05, 4.69) is 13.8 Å². The molecule has 24 heavy (non-hydrogen) atoms. The van der Waals surface area contributed by atoms with Crippen LogP contribution in [0.2, 0.25) is 0 Å². The predicted molar refractivity (Wildman–Crippen MR) is 92.5 cm³/mol. The first-order chi connectivity index (χ1) is 11.5. The van der Waals surface area contributed by atoms with Crippen LogP contribution in [0.15, 0.2) is 48.5 Å². The molecule has 0 aromatic heterocycles. The van der Waals surface area contributed by atoms with Gasteiger partial charge in [-0.3, -0.25) is 0 Å². The molecule has 0 atom stereocenters. The predicted octanol–water partition coefficient (Wildman–Crippen LogP) is 4.60. The van der Waals surface area contributed by atoms with Crippen molar-refractivity contribution in [2.75, 3.05) is 6.61 Å². The fourth-order valence-electron chi connectivity index (χ4n) is 2.11. The molecular formula is C20H22O4. The van der Waals surface area contributed by atoms with E-state index in [1.165, 1.54) is 5.56 Å². The average Bonchev–Trinajstić information content (AvgIpc) is 2.60. The Morgan fingerprint density at radius 3 is 1.92 bits per heavy atom. The van der Waals surface area contributed by atoms with Gasteiger partial charge in [0.25, 0.3) is 0 Å². The van der Waals surface area contributed by atoms with Crippen molar-refractivity contribution in [1.82, 2.24) is 0 Å². The van der Waals surface area contributed by atoms with Crippen molar-refractivity contribution >= 4 is 11.9 Å². The highest BCUT2D eigenvalue weighted by Gasteiger charge is 2.12. The Balaban J connectivity index is 2.00. The molecule has 0 N–H and O–H groups in total. The number of benzene rings is 2. The molecule has 4 nitrogen and oxygen atoms in total. The Kier molecular flexibility index (Phi) is 6.13. The monoisotopic (exact) mass is 326 g/mol. The minimum absolute atomic E-state index is 0.384. The van der Waals surface area contributed by atoms with Crippen LogP contribution in [0, 0.1) is 0 Å². The maximum absolute atomic E-state index is 12.1. The van der Waals surface area contributed by atoms with Crippen molar-refractivity contribution in [3.8, 4) is 5.75 Å². The first kappa shape index (κ1) is 17.7. The number of carbonyl (C=O) groups is 2. The highest BCUT2D eigenvalue weighted by molar-refractivity contribution is 5.94. The molecule has 0 aliphatic rings. The summed E-state index contributed by atoms with van der Waals surface area (Å²) < 4.78 is 10.4. The van der Waals surface area contributed by atoms with Gasteiger partial charge < -0.3 is 9.47 Å². The van der Waals surface area contributed by atoms with E-state index < -0.39 is 5.97 Å². The van der Waals surface area contributed by atoms with Crippen LogP contribution in [0.5, 0.6) is 5.75 Å². The molecule has 126 valence electrons. The molecule has 2 rings (SSSR count). The molecule has 0 saturated carbocycles. The minimum Gasteiger partial charge on any atom is -0.462 e. The van der Waals surface area contributed by atoms with Gasteiger partial charge >= 0.3 is 11.9 Å². The molecule has 2 aromatic carbocycles. The number of carbonyl (C=O) groups excluding carboxylic acids is 2. The summed E-state index contributed by atoms with van der Waals surface area (Å²) in [5.41, 5.74) is 1.99. The second-order valence-corrected chi connectivity index (χ2v) is 5.83. The standard InChI is InChI=1S/C20H22O4/c1-4-13-23-19(21)16-5-7-17(8-6-16)20(22)24-18-11-9-15(10-12-18)14(2)3/h5-12,14H,4,13H2,1-3H3. The summed E-state index contributed by atoms with van der Waals surface area (Å²) in [6.45, 7) is 6.53. The lowest BCUT2D eigenvalue weighted by Gasteiger charge is -2.08. The Bertz CT molecular complexity index is 685. The summed E-state index contributed by atoms with van der Waals surface area (Å²) in [5, 5.41) is 0. The molecule has 2 aromatic rings. The molecule has 0 amide bonds. The van der Waals surface area contributed by atoms with E-state index in [9.17, 15) is 9.59 Å². The topological polar surface area (TPSA) is 52.6 Å². The molecule has 0 aliphatic carbocycles. The third-order valence-corrected chi connectivity index (χ3v) is 3.55. The Hall–Kier alpha value is -2.62. The van der Waals surface area contributed by atoms with E-state index in [1.54, 1.807) is 36.4 Å². The molecule has 0 fully saturated rings. The second kappa shape index (κ2) is 8.29. The SMILES string of the molecule is CCCOC(=O)c1ccc(C(=O)Oc2ccc(C(C)C)cc2)cc1. The molecule has 0 radical (unpaired) electrons. The van der Waals surface area contributed by atoms with Gasteiger partial charge in [0.2, 0.25) is 0 Å².